The van der Waals surface area contributed by atoms with E-state index in [1.165, 1.54) is 0 Å². The molecular weight excluding hydrogens is 252 g/mol. The van der Waals surface area contributed by atoms with Crippen LogP contribution in [0.4, 0.5) is 5.13 Å². The van der Waals surface area contributed by atoms with E-state index >= 15 is 0 Å². The molecule has 0 aliphatic carbocycles. The van der Waals surface area contributed by atoms with Gasteiger partial charge >= 0.3 is 0 Å². The number of hydrogen-bond donors (Lipinski definition) is 1. The molecule has 0 aliphatic heterocycles. The van der Waals surface area contributed by atoms with Crippen LogP contribution in [0.1, 0.15) is 6.92 Å². The number of rotatable bonds is 2. The largest absolute Gasteiger partial charge is 0.362 e. The van der Waals surface area contributed by atoms with Gasteiger partial charge in [-0.15, -0.1) is 0 Å². The molecule has 0 saturated heterocycles. The molecule has 17 heavy (non-hydrogen) atoms. The van der Waals surface area contributed by atoms with Gasteiger partial charge in [0.15, 0.2) is 5.13 Å². The molecule has 0 bridgehead atoms. The van der Waals surface area contributed by atoms with Crippen LogP contribution in [0.25, 0.3) is 21.0 Å². The predicted molar refractivity (Wildman–Crippen MR) is 76.3 cm³/mol. The number of nitrogens with one attached hydrogen (secondary N) is 1. The Bertz CT molecular complexity index is 690. The van der Waals surface area contributed by atoms with Crippen LogP contribution in [0.2, 0.25) is 5.02 Å². The highest BCUT2D eigenvalue weighted by atomic mass is 35.5. The number of aromatic nitrogens is 1. The van der Waals surface area contributed by atoms with Crippen molar-refractivity contribution in [3.05, 3.63) is 35.4 Å². The van der Waals surface area contributed by atoms with Crippen LogP contribution in [0.5, 0.6) is 0 Å². The van der Waals surface area contributed by atoms with Crippen molar-refractivity contribution < 1.29 is 0 Å². The maximum Gasteiger partial charge on any atom is 0.183 e. The zero-order valence-corrected chi connectivity index (χ0v) is 10.9. The Kier molecular flexibility index (Phi) is 2.65. The van der Waals surface area contributed by atoms with Crippen molar-refractivity contribution in [3.8, 4) is 0 Å². The third-order valence-electron chi connectivity index (χ3n) is 2.68. The fraction of sp³-hybridized carbons (Fsp3) is 0.154. The Morgan fingerprint density at radius 2 is 2.06 bits per heavy atom. The molecule has 1 heterocycles. The van der Waals surface area contributed by atoms with E-state index in [0.717, 1.165) is 37.7 Å². The average Bonchev–Trinajstić information content (AvgIpc) is 2.73. The molecule has 3 aromatic rings. The van der Waals surface area contributed by atoms with Crippen LogP contribution in [-0.2, 0) is 0 Å². The molecule has 0 spiro atoms. The average molecular weight is 263 g/mol. The summed E-state index contributed by atoms with van der Waals surface area (Å²) in [5.74, 6) is 0. The highest BCUT2D eigenvalue weighted by Crippen LogP contribution is 2.35. The normalized spacial score (nSPS) is 11.2. The highest BCUT2D eigenvalue weighted by molar-refractivity contribution is 7.22. The molecule has 0 atom stereocenters. The summed E-state index contributed by atoms with van der Waals surface area (Å²) in [5, 5.41) is 7.18. The maximum absolute atomic E-state index is 6.28. The highest BCUT2D eigenvalue weighted by Gasteiger charge is 2.09. The van der Waals surface area contributed by atoms with Crippen LogP contribution < -0.4 is 5.32 Å². The molecule has 0 radical (unpaired) electrons. The van der Waals surface area contributed by atoms with Gasteiger partial charge in [0.25, 0.3) is 0 Å². The van der Waals surface area contributed by atoms with E-state index in [0.29, 0.717) is 0 Å². The number of hydrogen-bond acceptors (Lipinski definition) is 3. The lowest BCUT2D eigenvalue weighted by Gasteiger charge is -2.00. The van der Waals surface area contributed by atoms with Crippen LogP contribution in [0.3, 0.4) is 0 Å². The Morgan fingerprint density at radius 1 is 1.29 bits per heavy atom. The van der Waals surface area contributed by atoms with Gasteiger partial charge in [0.05, 0.1) is 10.2 Å². The number of fused-ring (bicyclic) bond motifs is 3. The lowest BCUT2D eigenvalue weighted by molar-refractivity contribution is 1.20. The predicted octanol–water partition coefficient (Wildman–Crippen LogP) is 4.53. The van der Waals surface area contributed by atoms with Gasteiger partial charge in [0, 0.05) is 22.3 Å². The smallest absolute Gasteiger partial charge is 0.183 e. The molecule has 0 aliphatic rings. The molecule has 86 valence electrons. The fourth-order valence-corrected chi connectivity index (χ4v) is 3.27. The van der Waals surface area contributed by atoms with E-state index in [4.69, 9.17) is 11.6 Å². The second-order valence-electron chi connectivity index (χ2n) is 3.80. The van der Waals surface area contributed by atoms with Crippen molar-refractivity contribution in [1.82, 2.24) is 4.98 Å². The molecule has 1 aromatic heterocycles. The van der Waals surface area contributed by atoms with Gasteiger partial charge < -0.3 is 5.32 Å². The minimum atomic E-state index is 0.791. The van der Waals surface area contributed by atoms with Crippen molar-refractivity contribution >= 4 is 49.1 Å². The number of benzene rings is 2. The SMILES string of the molecule is CCNc1nc2c(cc(Cl)c3ccccc32)s1. The molecule has 2 nitrogen and oxygen atoms in total. The Hall–Kier alpha value is -1.32. The Morgan fingerprint density at radius 3 is 2.82 bits per heavy atom. The van der Waals surface area contributed by atoms with E-state index in [-0.39, 0.29) is 0 Å². The third-order valence-corrected chi connectivity index (χ3v) is 3.95. The van der Waals surface area contributed by atoms with Crippen LogP contribution in [0, 0.1) is 0 Å². The molecule has 0 unspecified atom stereocenters. The van der Waals surface area contributed by atoms with Gasteiger partial charge in [0.2, 0.25) is 0 Å². The summed E-state index contributed by atoms with van der Waals surface area (Å²) in [6.07, 6.45) is 0. The van der Waals surface area contributed by atoms with Crippen molar-refractivity contribution in [2.45, 2.75) is 6.92 Å². The van der Waals surface area contributed by atoms with Crippen LogP contribution >= 0.6 is 22.9 Å². The molecule has 1 N–H and O–H groups in total. The summed E-state index contributed by atoms with van der Waals surface area (Å²) in [6, 6.07) is 10.1. The summed E-state index contributed by atoms with van der Waals surface area (Å²) in [5.41, 5.74) is 1.03. The monoisotopic (exact) mass is 262 g/mol. The van der Waals surface area contributed by atoms with E-state index in [1.54, 1.807) is 11.3 Å². The van der Waals surface area contributed by atoms with Gasteiger partial charge in [-0.1, -0.05) is 47.2 Å². The quantitative estimate of drug-likeness (QED) is 0.734. The summed E-state index contributed by atoms with van der Waals surface area (Å²) in [7, 11) is 0. The minimum Gasteiger partial charge on any atom is -0.362 e. The summed E-state index contributed by atoms with van der Waals surface area (Å²) >= 11 is 7.93. The Labute approximate surface area is 108 Å². The second-order valence-corrected chi connectivity index (χ2v) is 5.24. The first-order valence-corrected chi connectivity index (χ1v) is 6.70. The number of anilines is 1. The van der Waals surface area contributed by atoms with Gasteiger partial charge in [-0.2, -0.15) is 0 Å². The lowest BCUT2D eigenvalue weighted by Crippen LogP contribution is -1.94. The number of thiazole rings is 1. The van der Waals surface area contributed by atoms with E-state index in [2.05, 4.69) is 23.3 Å². The van der Waals surface area contributed by atoms with Gasteiger partial charge in [-0.05, 0) is 13.0 Å². The molecule has 4 heteroatoms. The lowest BCUT2D eigenvalue weighted by atomic mass is 10.1. The molecule has 3 rings (SSSR count). The zero-order valence-electron chi connectivity index (χ0n) is 9.33. The zero-order chi connectivity index (χ0) is 11.8. The molecule has 0 fully saturated rings. The first-order chi connectivity index (χ1) is 8.29. The van der Waals surface area contributed by atoms with E-state index in [9.17, 15) is 0 Å². The van der Waals surface area contributed by atoms with Crippen molar-refractivity contribution in [1.29, 1.82) is 0 Å². The summed E-state index contributed by atoms with van der Waals surface area (Å²) in [4.78, 5) is 4.62. The number of nitrogens with zero attached hydrogens (tertiary/aromatic N) is 1. The first kappa shape index (κ1) is 10.8. The fourth-order valence-electron chi connectivity index (χ4n) is 1.94. The standard InChI is InChI=1S/C13H11ClN2S/c1-2-15-13-16-12-9-6-4-3-5-8(9)10(14)7-11(12)17-13/h3-7H,2H2,1H3,(H,15,16). The molecule has 2 aromatic carbocycles. The van der Waals surface area contributed by atoms with E-state index < -0.39 is 0 Å². The van der Waals surface area contributed by atoms with Crippen molar-refractivity contribution in [2.24, 2.45) is 0 Å². The maximum atomic E-state index is 6.28. The summed E-state index contributed by atoms with van der Waals surface area (Å²) < 4.78 is 1.13. The van der Waals surface area contributed by atoms with Crippen molar-refractivity contribution in [2.75, 3.05) is 11.9 Å². The van der Waals surface area contributed by atoms with E-state index in [1.807, 2.05) is 24.3 Å². The Balaban J connectivity index is 2.38. The topological polar surface area (TPSA) is 24.9 Å². The van der Waals surface area contributed by atoms with Gasteiger partial charge in [-0.25, -0.2) is 4.98 Å². The first-order valence-electron chi connectivity index (χ1n) is 5.51. The second kappa shape index (κ2) is 4.17. The molecule has 0 saturated carbocycles. The van der Waals surface area contributed by atoms with Crippen molar-refractivity contribution in [3.63, 3.8) is 0 Å². The van der Waals surface area contributed by atoms with Crippen LogP contribution in [0.15, 0.2) is 30.3 Å². The third kappa shape index (κ3) is 1.75. The van der Waals surface area contributed by atoms with Gasteiger partial charge in [-0.3, -0.25) is 0 Å². The molecular formula is C13H11ClN2S. The minimum absolute atomic E-state index is 0.791. The number of halogens is 1. The van der Waals surface area contributed by atoms with Gasteiger partial charge in [0.1, 0.15) is 0 Å². The van der Waals surface area contributed by atoms with Crippen LogP contribution in [-0.4, -0.2) is 11.5 Å². The summed E-state index contributed by atoms with van der Waals surface area (Å²) in [6.45, 7) is 2.95. The molecule has 0 amide bonds.